The molecule has 8 nitrogen and oxygen atoms in total. The van der Waals surface area contributed by atoms with E-state index in [4.69, 9.17) is 4.74 Å². The number of aromatic amines is 1. The SMILES string of the molecule is CCc1nc(C2CN(CCn3cncn3)CCO2)n[nH]1. The summed E-state index contributed by atoms with van der Waals surface area (Å²) >= 11 is 0. The Kier molecular flexibility index (Phi) is 4.03. The fourth-order valence-corrected chi connectivity index (χ4v) is 2.27. The molecule has 108 valence electrons. The minimum Gasteiger partial charge on any atom is -0.367 e. The van der Waals surface area contributed by atoms with E-state index >= 15 is 0 Å². The standard InChI is InChI=1S/C12H19N7O/c1-2-11-15-12(17-16-11)10-7-18(5-6-20-10)3-4-19-9-13-8-14-19/h8-10H,2-7H2,1H3,(H,15,16,17). The average molecular weight is 277 g/mol. The van der Waals surface area contributed by atoms with Crippen molar-refractivity contribution in [2.45, 2.75) is 26.0 Å². The molecule has 3 heterocycles. The van der Waals surface area contributed by atoms with Gasteiger partial charge in [-0.3, -0.25) is 14.7 Å². The van der Waals surface area contributed by atoms with Gasteiger partial charge in [0.25, 0.3) is 0 Å². The quantitative estimate of drug-likeness (QED) is 0.830. The first kappa shape index (κ1) is 13.2. The van der Waals surface area contributed by atoms with Gasteiger partial charge in [0.1, 0.15) is 24.6 Å². The van der Waals surface area contributed by atoms with Crippen molar-refractivity contribution in [1.29, 1.82) is 0 Å². The van der Waals surface area contributed by atoms with E-state index in [1.54, 1.807) is 12.7 Å². The number of aryl methyl sites for hydroxylation is 1. The average Bonchev–Trinajstić information content (AvgIpc) is 3.16. The highest BCUT2D eigenvalue weighted by molar-refractivity contribution is 4.96. The second-order valence-corrected chi connectivity index (χ2v) is 4.81. The molecular formula is C12H19N7O. The summed E-state index contributed by atoms with van der Waals surface area (Å²) in [7, 11) is 0. The zero-order valence-electron chi connectivity index (χ0n) is 11.6. The van der Waals surface area contributed by atoms with E-state index in [9.17, 15) is 0 Å². The predicted octanol–water partition coefficient (Wildman–Crippen LogP) is 0.0321. The number of hydrogen-bond donors (Lipinski definition) is 1. The molecule has 8 heteroatoms. The molecule has 20 heavy (non-hydrogen) atoms. The largest absolute Gasteiger partial charge is 0.367 e. The van der Waals surface area contributed by atoms with Crippen molar-refractivity contribution in [3.8, 4) is 0 Å². The van der Waals surface area contributed by atoms with E-state index in [0.29, 0.717) is 6.61 Å². The van der Waals surface area contributed by atoms with E-state index in [-0.39, 0.29) is 6.10 Å². The van der Waals surface area contributed by atoms with Crippen LogP contribution in [0.1, 0.15) is 24.7 Å². The molecule has 1 aliphatic heterocycles. The Morgan fingerprint density at radius 2 is 2.40 bits per heavy atom. The van der Waals surface area contributed by atoms with E-state index in [2.05, 4.69) is 37.1 Å². The summed E-state index contributed by atoms with van der Waals surface area (Å²) in [5.41, 5.74) is 0. The minimum atomic E-state index is -0.0453. The summed E-state index contributed by atoms with van der Waals surface area (Å²) in [6, 6.07) is 0. The highest BCUT2D eigenvalue weighted by Gasteiger charge is 2.25. The molecule has 1 fully saturated rings. The van der Waals surface area contributed by atoms with Gasteiger partial charge in [-0.1, -0.05) is 6.92 Å². The third-order valence-electron chi connectivity index (χ3n) is 3.43. The predicted molar refractivity (Wildman–Crippen MR) is 70.9 cm³/mol. The fraction of sp³-hybridized carbons (Fsp3) is 0.667. The number of hydrogen-bond acceptors (Lipinski definition) is 6. The Balaban J connectivity index is 1.55. The number of ether oxygens (including phenoxy) is 1. The number of rotatable bonds is 5. The molecule has 2 aromatic rings. The molecule has 1 aliphatic rings. The fourth-order valence-electron chi connectivity index (χ4n) is 2.27. The van der Waals surface area contributed by atoms with Crippen molar-refractivity contribution >= 4 is 0 Å². The second-order valence-electron chi connectivity index (χ2n) is 4.81. The van der Waals surface area contributed by atoms with Gasteiger partial charge in [0, 0.05) is 26.1 Å². The first-order chi connectivity index (χ1) is 9.85. The van der Waals surface area contributed by atoms with Crippen molar-refractivity contribution in [3.63, 3.8) is 0 Å². The molecule has 2 aromatic heterocycles. The lowest BCUT2D eigenvalue weighted by molar-refractivity contribution is -0.0352. The lowest BCUT2D eigenvalue weighted by atomic mass is 10.2. The van der Waals surface area contributed by atoms with E-state index < -0.39 is 0 Å². The van der Waals surface area contributed by atoms with Gasteiger partial charge < -0.3 is 4.74 Å². The molecule has 1 atom stereocenters. The van der Waals surface area contributed by atoms with Crippen LogP contribution >= 0.6 is 0 Å². The number of H-pyrrole nitrogens is 1. The lowest BCUT2D eigenvalue weighted by Crippen LogP contribution is -2.40. The van der Waals surface area contributed by atoms with E-state index in [0.717, 1.165) is 44.2 Å². The normalized spacial score (nSPS) is 20.4. The molecular weight excluding hydrogens is 258 g/mol. The van der Waals surface area contributed by atoms with Crippen LogP contribution in [0.5, 0.6) is 0 Å². The molecule has 1 N–H and O–H groups in total. The van der Waals surface area contributed by atoms with Gasteiger partial charge in [0.2, 0.25) is 0 Å². The van der Waals surface area contributed by atoms with Crippen molar-refractivity contribution in [1.82, 2.24) is 34.8 Å². The highest BCUT2D eigenvalue weighted by Crippen LogP contribution is 2.18. The number of nitrogens with one attached hydrogen (secondary N) is 1. The van der Waals surface area contributed by atoms with Crippen molar-refractivity contribution in [2.75, 3.05) is 26.2 Å². The van der Waals surface area contributed by atoms with Gasteiger partial charge in [-0.05, 0) is 0 Å². The lowest BCUT2D eigenvalue weighted by Gasteiger charge is -2.31. The van der Waals surface area contributed by atoms with Crippen LogP contribution in [0.15, 0.2) is 12.7 Å². The van der Waals surface area contributed by atoms with Crippen LogP contribution in [0.3, 0.4) is 0 Å². The van der Waals surface area contributed by atoms with Gasteiger partial charge in [-0.25, -0.2) is 9.97 Å². The Morgan fingerprint density at radius 1 is 1.45 bits per heavy atom. The molecule has 0 radical (unpaired) electrons. The molecule has 0 bridgehead atoms. The maximum absolute atomic E-state index is 5.77. The van der Waals surface area contributed by atoms with Crippen LogP contribution in [-0.2, 0) is 17.7 Å². The molecule has 0 spiro atoms. The summed E-state index contributed by atoms with van der Waals surface area (Å²) in [6.45, 7) is 6.26. The molecule has 0 amide bonds. The van der Waals surface area contributed by atoms with Gasteiger partial charge in [0.05, 0.1) is 13.2 Å². The Morgan fingerprint density at radius 3 is 3.15 bits per heavy atom. The Bertz CT molecular complexity index is 524. The van der Waals surface area contributed by atoms with Crippen LogP contribution < -0.4 is 0 Å². The van der Waals surface area contributed by atoms with Gasteiger partial charge in [-0.2, -0.15) is 10.2 Å². The third kappa shape index (κ3) is 3.02. The Hall–Kier alpha value is -1.80. The van der Waals surface area contributed by atoms with E-state index in [1.807, 2.05) is 4.68 Å². The molecule has 3 rings (SSSR count). The van der Waals surface area contributed by atoms with Crippen LogP contribution in [0.4, 0.5) is 0 Å². The van der Waals surface area contributed by atoms with Gasteiger partial charge in [-0.15, -0.1) is 0 Å². The minimum absolute atomic E-state index is 0.0453. The number of morpholine rings is 1. The first-order valence-electron chi connectivity index (χ1n) is 6.92. The third-order valence-corrected chi connectivity index (χ3v) is 3.43. The monoisotopic (exact) mass is 277 g/mol. The van der Waals surface area contributed by atoms with Crippen LogP contribution in [0, 0.1) is 0 Å². The smallest absolute Gasteiger partial charge is 0.180 e. The van der Waals surface area contributed by atoms with Crippen LogP contribution in [0.2, 0.25) is 0 Å². The summed E-state index contributed by atoms with van der Waals surface area (Å²) in [6.07, 6.45) is 4.11. The molecule has 0 aromatic carbocycles. The van der Waals surface area contributed by atoms with Crippen molar-refractivity contribution in [2.24, 2.45) is 0 Å². The van der Waals surface area contributed by atoms with Crippen molar-refractivity contribution < 1.29 is 4.74 Å². The van der Waals surface area contributed by atoms with E-state index in [1.165, 1.54) is 0 Å². The molecule has 1 saturated heterocycles. The molecule has 0 aliphatic carbocycles. The number of aromatic nitrogens is 6. The summed E-state index contributed by atoms with van der Waals surface area (Å²) < 4.78 is 7.61. The maximum Gasteiger partial charge on any atom is 0.180 e. The highest BCUT2D eigenvalue weighted by atomic mass is 16.5. The summed E-state index contributed by atoms with van der Waals surface area (Å²) in [5.74, 6) is 1.66. The summed E-state index contributed by atoms with van der Waals surface area (Å²) in [4.78, 5) is 10.7. The van der Waals surface area contributed by atoms with Crippen LogP contribution in [-0.4, -0.2) is 61.1 Å². The second kappa shape index (κ2) is 6.10. The van der Waals surface area contributed by atoms with Gasteiger partial charge >= 0.3 is 0 Å². The van der Waals surface area contributed by atoms with Crippen LogP contribution in [0.25, 0.3) is 0 Å². The first-order valence-corrected chi connectivity index (χ1v) is 6.92. The Labute approximate surface area is 117 Å². The molecule has 0 saturated carbocycles. The summed E-state index contributed by atoms with van der Waals surface area (Å²) in [5, 5.41) is 11.3. The zero-order chi connectivity index (χ0) is 13.8. The maximum atomic E-state index is 5.77. The number of nitrogens with zero attached hydrogens (tertiary/aromatic N) is 6. The van der Waals surface area contributed by atoms with Crippen molar-refractivity contribution in [3.05, 3.63) is 24.3 Å². The molecule has 1 unspecified atom stereocenters. The topological polar surface area (TPSA) is 84.8 Å². The van der Waals surface area contributed by atoms with Gasteiger partial charge in [0.15, 0.2) is 5.82 Å². The zero-order valence-corrected chi connectivity index (χ0v) is 11.6.